The zero-order chi connectivity index (χ0) is 22.9. The maximum absolute atomic E-state index is 12.1. The molecule has 1 aliphatic heterocycles. The highest BCUT2D eigenvalue weighted by Gasteiger charge is 2.19. The molecule has 0 spiro atoms. The minimum absolute atomic E-state index is 0. The normalized spacial score (nSPS) is 15.0. The van der Waals surface area contributed by atoms with E-state index in [-0.39, 0.29) is 30.1 Å². The first-order valence-electron chi connectivity index (χ1n) is 11.2. The monoisotopic (exact) mass is 560 g/mol. The largest absolute Gasteiger partial charge is 0.444 e. The van der Waals surface area contributed by atoms with Crippen molar-refractivity contribution >= 4 is 36.0 Å². The minimum Gasteiger partial charge on any atom is -0.444 e. The maximum Gasteiger partial charge on any atom is 0.410 e. The number of guanidine groups is 1. The number of carbonyl (C=O) groups excluding carboxylic acids is 1. The summed E-state index contributed by atoms with van der Waals surface area (Å²) in [5, 5.41) is 3.44. The van der Waals surface area contributed by atoms with Crippen LogP contribution in [0.25, 0.3) is 0 Å². The molecular formula is C24H41IN4O3. The van der Waals surface area contributed by atoms with Crippen LogP contribution in [0.4, 0.5) is 4.79 Å². The molecule has 1 N–H and O–H groups in total. The van der Waals surface area contributed by atoms with Gasteiger partial charge in [-0.25, -0.2) is 4.79 Å². The van der Waals surface area contributed by atoms with E-state index in [1.165, 1.54) is 12.0 Å². The lowest BCUT2D eigenvalue weighted by Gasteiger charge is -2.27. The van der Waals surface area contributed by atoms with Crippen LogP contribution in [0.3, 0.4) is 0 Å². The molecule has 32 heavy (non-hydrogen) atoms. The minimum atomic E-state index is -0.489. The van der Waals surface area contributed by atoms with E-state index in [0.29, 0.717) is 13.1 Å². The summed E-state index contributed by atoms with van der Waals surface area (Å²) in [5.74, 6) is 1.65. The fourth-order valence-corrected chi connectivity index (χ4v) is 3.52. The van der Waals surface area contributed by atoms with Crippen LogP contribution in [0.1, 0.15) is 51.2 Å². The van der Waals surface area contributed by atoms with Crippen LogP contribution in [0.2, 0.25) is 0 Å². The highest BCUT2D eigenvalue weighted by atomic mass is 127. The van der Waals surface area contributed by atoms with Crippen molar-refractivity contribution in [1.29, 1.82) is 0 Å². The standard InChI is InChI=1S/C24H40N4O3.HI/c1-24(2,3)31-23(29)28(6)18-21-9-7-20(8-10-21)17-26-22(25-4)27(5)14-11-19-12-15-30-16-13-19;/h7-10,19H,11-18H2,1-6H3,(H,25,26);1H. The van der Waals surface area contributed by atoms with Crippen LogP contribution in [0, 0.1) is 5.92 Å². The first-order chi connectivity index (χ1) is 14.7. The fraction of sp³-hybridized carbons (Fsp3) is 0.667. The van der Waals surface area contributed by atoms with E-state index < -0.39 is 5.60 Å². The number of aliphatic imine (C=N–C) groups is 1. The third-order valence-electron chi connectivity index (χ3n) is 5.39. The summed E-state index contributed by atoms with van der Waals surface area (Å²) in [6.45, 7) is 9.61. The second-order valence-electron chi connectivity index (χ2n) is 9.32. The molecule has 2 rings (SSSR count). The van der Waals surface area contributed by atoms with Crippen molar-refractivity contribution < 1.29 is 14.3 Å². The molecule has 0 aromatic heterocycles. The van der Waals surface area contributed by atoms with E-state index in [1.807, 2.05) is 27.8 Å². The van der Waals surface area contributed by atoms with Gasteiger partial charge in [0.25, 0.3) is 0 Å². The first kappa shape index (κ1) is 28.5. The van der Waals surface area contributed by atoms with Crippen molar-refractivity contribution in [3.05, 3.63) is 35.4 Å². The van der Waals surface area contributed by atoms with E-state index >= 15 is 0 Å². The molecule has 0 aliphatic carbocycles. The van der Waals surface area contributed by atoms with Gasteiger partial charge in [0, 0.05) is 54.0 Å². The summed E-state index contributed by atoms with van der Waals surface area (Å²) in [6.07, 6.45) is 3.18. The van der Waals surface area contributed by atoms with Crippen molar-refractivity contribution in [3.63, 3.8) is 0 Å². The topological polar surface area (TPSA) is 66.4 Å². The second-order valence-corrected chi connectivity index (χ2v) is 9.32. The van der Waals surface area contributed by atoms with Crippen LogP contribution < -0.4 is 5.32 Å². The van der Waals surface area contributed by atoms with Crippen molar-refractivity contribution in [2.75, 3.05) is 40.9 Å². The number of ether oxygens (including phenoxy) is 2. The molecule has 8 heteroatoms. The third kappa shape index (κ3) is 10.4. The smallest absolute Gasteiger partial charge is 0.410 e. The Bertz CT molecular complexity index is 713. The predicted molar refractivity (Wildman–Crippen MR) is 141 cm³/mol. The molecule has 0 unspecified atom stereocenters. The number of amides is 1. The van der Waals surface area contributed by atoms with Gasteiger partial charge in [-0.2, -0.15) is 0 Å². The van der Waals surface area contributed by atoms with Crippen molar-refractivity contribution in [1.82, 2.24) is 15.1 Å². The zero-order valence-corrected chi connectivity index (χ0v) is 22.8. The number of nitrogens with zero attached hydrogens (tertiary/aromatic N) is 3. The number of rotatable bonds is 7. The molecule has 0 radical (unpaired) electrons. The lowest BCUT2D eigenvalue weighted by molar-refractivity contribution is 0.0285. The van der Waals surface area contributed by atoms with E-state index in [0.717, 1.165) is 50.0 Å². The molecular weight excluding hydrogens is 519 g/mol. The Morgan fingerprint density at radius 2 is 1.72 bits per heavy atom. The second kappa shape index (κ2) is 13.9. The Kier molecular flexibility index (Phi) is 12.3. The summed E-state index contributed by atoms with van der Waals surface area (Å²) < 4.78 is 10.9. The quantitative estimate of drug-likeness (QED) is 0.303. The fourth-order valence-electron chi connectivity index (χ4n) is 3.52. The molecule has 0 atom stereocenters. The van der Waals surface area contributed by atoms with Crippen LogP contribution in [0.5, 0.6) is 0 Å². The molecule has 1 aromatic rings. The Morgan fingerprint density at radius 3 is 2.28 bits per heavy atom. The van der Waals surface area contributed by atoms with E-state index in [9.17, 15) is 4.79 Å². The predicted octanol–water partition coefficient (Wildman–Crippen LogP) is 4.50. The zero-order valence-electron chi connectivity index (χ0n) is 20.5. The van der Waals surface area contributed by atoms with Crippen molar-refractivity contribution in [3.8, 4) is 0 Å². The molecule has 1 aromatic carbocycles. The van der Waals surface area contributed by atoms with Gasteiger partial charge in [0.05, 0.1) is 0 Å². The summed E-state index contributed by atoms with van der Waals surface area (Å²) in [6, 6.07) is 8.27. The van der Waals surface area contributed by atoms with Gasteiger partial charge in [-0.3, -0.25) is 4.99 Å². The Labute approximate surface area is 210 Å². The molecule has 182 valence electrons. The summed E-state index contributed by atoms with van der Waals surface area (Å²) in [4.78, 5) is 20.3. The number of benzene rings is 1. The maximum atomic E-state index is 12.1. The Hall–Kier alpha value is -1.55. The van der Waals surface area contributed by atoms with Crippen LogP contribution >= 0.6 is 24.0 Å². The van der Waals surface area contributed by atoms with Gasteiger partial charge in [-0.1, -0.05) is 24.3 Å². The van der Waals surface area contributed by atoms with Crippen molar-refractivity contribution in [2.45, 2.75) is 58.7 Å². The summed E-state index contributed by atoms with van der Waals surface area (Å²) >= 11 is 0. The van der Waals surface area contributed by atoms with Gasteiger partial charge >= 0.3 is 6.09 Å². The number of nitrogens with one attached hydrogen (secondary N) is 1. The van der Waals surface area contributed by atoms with Gasteiger partial charge in [-0.15, -0.1) is 24.0 Å². The number of halogens is 1. The molecule has 1 heterocycles. The molecule has 1 saturated heterocycles. The molecule has 7 nitrogen and oxygen atoms in total. The molecule has 0 saturated carbocycles. The summed E-state index contributed by atoms with van der Waals surface area (Å²) in [7, 11) is 5.66. The van der Waals surface area contributed by atoms with Crippen LogP contribution in [-0.2, 0) is 22.6 Å². The van der Waals surface area contributed by atoms with Gasteiger partial charge in [0.15, 0.2) is 5.96 Å². The Morgan fingerprint density at radius 1 is 1.12 bits per heavy atom. The van der Waals surface area contributed by atoms with E-state index in [4.69, 9.17) is 9.47 Å². The number of hydrogen-bond donors (Lipinski definition) is 1. The van der Waals surface area contributed by atoms with Gasteiger partial charge < -0.3 is 24.6 Å². The SMILES string of the molecule is CN=C(NCc1ccc(CN(C)C(=O)OC(C)(C)C)cc1)N(C)CCC1CCOCC1.I. The molecule has 1 amide bonds. The number of carbonyl (C=O) groups is 1. The highest BCUT2D eigenvalue weighted by Crippen LogP contribution is 2.18. The summed E-state index contributed by atoms with van der Waals surface area (Å²) in [5.41, 5.74) is 1.75. The average molecular weight is 561 g/mol. The van der Waals surface area contributed by atoms with Crippen LogP contribution in [-0.4, -0.2) is 68.4 Å². The Balaban J connectivity index is 0.00000512. The first-order valence-corrected chi connectivity index (χ1v) is 11.2. The van der Waals surface area contributed by atoms with Gasteiger partial charge in [0.1, 0.15) is 5.60 Å². The van der Waals surface area contributed by atoms with Gasteiger partial charge in [-0.05, 0) is 57.1 Å². The third-order valence-corrected chi connectivity index (χ3v) is 5.39. The average Bonchev–Trinajstić information content (AvgIpc) is 2.73. The molecule has 1 fully saturated rings. The number of hydrogen-bond acceptors (Lipinski definition) is 4. The molecule has 1 aliphatic rings. The van der Waals surface area contributed by atoms with E-state index in [1.54, 1.807) is 11.9 Å². The van der Waals surface area contributed by atoms with E-state index in [2.05, 4.69) is 46.5 Å². The van der Waals surface area contributed by atoms with Crippen molar-refractivity contribution in [2.24, 2.45) is 10.9 Å². The highest BCUT2D eigenvalue weighted by molar-refractivity contribution is 14.0. The van der Waals surface area contributed by atoms with Crippen LogP contribution in [0.15, 0.2) is 29.3 Å². The van der Waals surface area contributed by atoms with Gasteiger partial charge in [0.2, 0.25) is 0 Å². The molecule has 0 bridgehead atoms. The lowest BCUT2D eigenvalue weighted by Crippen LogP contribution is -2.39. The lowest BCUT2D eigenvalue weighted by atomic mass is 9.96.